The van der Waals surface area contributed by atoms with Crippen molar-refractivity contribution in [3.8, 4) is 5.75 Å². The predicted octanol–water partition coefficient (Wildman–Crippen LogP) is 8.39. The van der Waals surface area contributed by atoms with Gasteiger partial charge in [-0.3, -0.25) is 24.6 Å². The van der Waals surface area contributed by atoms with Crippen LogP contribution in [0, 0.1) is 24.7 Å². The average molecular weight is 1000 g/mol. The van der Waals surface area contributed by atoms with E-state index in [9.17, 15) is 40.8 Å². The maximum Gasteiger partial charge on any atom is 0.418 e. The van der Waals surface area contributed by atoms with Gasteiger partial charge in [-0.25, -0.2) is 23.2 Å². The summed E-state index contributed by atoms with van der Waals surface area (Å²) in [7, 11) is -1.60. The monoisotopic (exact) mass is 1000 g/mol. The van der Waals surface area contributed by atoms with E-state index in [0.29, 0.717) is 68.0 Å². The van der Waals surface area contributed by atoms with Gasteiger partial charge in [0.2, 0.25) is 11.8 Å². The number of carbonyl (C=O) groups is 4. The van der Waals surface area contributed by atoms with Crippen LogP contribution in [-0.2, 0) is 36.8 Å². The molecular formula is C52H62F3N7O8S. The smallest absolute Gasteiger partial charge is 0.418 e. The minimum Gasteiger partial charge on any atom is -0.496 e. The number of aryl methyl sites for hydroxylation is 1. The van der Waals surface area contributed by atoms with Crippen molar-refractivity contribution in [1.82, 2.24) is 25.1 Å². The van der Waals surface area contributed by atoms with Crippen LogP contribution < -0.4 is 20.3 Å². The summed E-state index contributed by atoms with van der Waals surface area (Å²) in [4.78, 5) is 65.9. The van der Waals surface area contributed by atoms with Gasteiger partial charge in [-0.15, -0.1) is 0 Å². The van der Waals surface area contributed by atoms with Crippen molar-refractivity contribution in [3.05, 3.63) is 82.2 Å². The molecule has 1 aromatic heterocycles. The summed E-state index contributed by atoms with van der Waals surface area (Å²) in [5, 5.41) is 6.50. The van der Waals surface area contributed by atoms with Crippen molar-refractivity contribution in [2.24, 2.45) is 17.8 Å². The maximum atomic E-state index is 13.9. The van der Waals surface area contributed by atoms with Crippen LogP contribution in [0.3, 0.4) is 0 Å². The van der Waals surface area contributed by atoms with Crippen LogP contribution in [-0.4, -0.2) is 111 Å². The third-order valence-electron chi connectivity index (χ3n) is 15.4. The van der Waals surface area contributed by atoms with Gasteiger partial charge in [-0.2, -0.15) is 13.2 Å². The minimum atomic E-state index is -4.77. The first-order chi connectivity index (χ1) is 34.0. The zero-order valence-electron chi connectivity index (χ0n) is 40.5. The Morgan fingerprint density at radius 2 is 1.61 bits per heavy atom. The average Bonchev–Trinajstić information content (AvgIpc) is 3.68. The highest BCUT2D eigenvalue weighted by Crippen LogP contribution is 2.44. The summed E-state index contributed by atoms with van der Waals surface area (Å²) in [6, 6.07) is 11.5. The zero-order chi connectivity index (χ0) is 50.2. The summed E-state index contributed by atoms with van der Waals surface area (Å²) in [5.41, 5.74) is 2.18. The fraction of sp³-hybridized carbons (Fsp3) is 0.538. The highest BCUT2D eigenvalue weighted by Gasteiger charge is 2.39. The molecule has 4 aromatic rings. The molecule has 1 saturated carbocycles. The van der Waals surface area contributed by atoms with Crippen LogP contribution in [0.4, 0.5) is 29.5 Å². The van der Waals surface area contributed by atoms with Crippen molar-refractivity contribution in [2.45, 2.75) is 108 Å². The molecule has 0 spiro atoms. The number of carbonyl (C=O) groups excluding carboxylic acids is 4. The first-order valence-electron chi connectivity index (χ1n) is 24.9. The summed E-state index contributed by atoms with van der Waals surface area (Å²) in [6.07, 6.45) is 2.99. The molecule has 1 atom stereocenters. The highest BCUT2D eigenvalue weighted by atomic mass is 32.2. The van der Waals surface area contributed by atoms with E-state index in [0.717, 1.165) is 114 Å². The van der Waals surface area contributed by atoms with Gasteiger partial charge in [0, 0.05) is 75.3 Å². The van der Waals surface area contributed by atoms with E-state index < -0.39 is 45.1 Å². The van der Waals surface area contributed by atoms with Crippen LogP contribution in [0.1, 0.15) is 122 Å². The van der Waals surface area contributed by atoms with Gasteiger partial charge in [0.15, 0.2) is 9.84 Å². The number of amides is 5. The highest BCUT2D eigenvalue weighted by molar-refractivity contribution is 7.91. The molecule has 0 radical (unpaired) electrons. The molecule has 1 aliphatic carbocycles. The molecule has 0 unspecified atom stereocenters. The number of likely N-dealkylation sites (tertiary alicyclic amines) is 2. The molecule has 5 aliphatic rings. The van der Waals surface area contributed by atoms with E-state index in [-0.39, 0.29) is 54.0 Å². The number of halogens is 3. The number of fused-ring (bicyclic) bond motifs is 2. The number of ether oxygens (including phenoxy) is 2. The molecule has 4 aliphatic heterocycles. The van der Waals surface area contributed by atoms with Gasteiger partial charge in [0.25, 0.3) is 5.91 Å². The third kappa shape index (κ3) is 10.9. The van der Waals surface area contributed by atoms with Gasteiger partial charge in [-0.05, 0) is 143 Å². The van der Waals surface area contributed by atoms with Crippen LogP contribution in [0.15, 0.2) is 53.4 Å². The van der Waals surface area contributed by atoms with E-state index in [4.69, 9.17) is 19.4 Å². The van der Waals surface area contributed by atoms with E-state index >= 15 is 0 Å². The lowest BCUT2D eigenvalue weighted by Gasteiger charge is -2.36. The largest absolute Gasteiger partial charge is 0.496 e. The summed E-state index contributed by atoms with van der Waals surface area (Å²) in [5.74, 6) is 2.30. The Hall–Kier alpha value is -5.82. The number of sulfone groups is 1. The first-order valence-corrected chi connectivity index (χ1v) is 26.6. The van der Waals surface area contributed by atoms with Crippen LogP contribution >= 0.6 is 0 Å². The Kier molecular flexibility index (Phi) is 14.6. The number of methoxy groups -OCH3 is 1. The summed E-state index contributed by atoms with van der Waals surface area (Å²) in [6.45, 7) is 7.13. The number of piperidine rings is 2. The van der Waals surface area contributed by atoms with Crippen LogP contribution in [0.25, 0.3) is 10.9 Å². The Morgan fingerprint density at radius 3 is 2.31 bits per heavy atom. The fourth-order valence-electron chi connectivity index (χ4n) is 11.3. The van der Waals surface area contributed by atoms with E-state index in [1.807, 2.05) is 36.2 Å². The van der Waals surface area contributed by atoms with Gasteiger partial charge < -0.3 is 24.6 Å². The molecule has 3 saturated heterocycles. The number of nitrogens with one attached hydrogen (secondary N) is 2. The van der Waals surface area contributed by atoms with Crippen molar-refractivity contribution in [2.75, 3.05) is 69.0 Å². The van der Waals surface area contributed by atoms with Gasteiger partial charge in [0.1, 0.15) is 17.4 Å². The number of benzene rings is 3. The molecule has 5 amide bonds. The second-order valence-corrected chi connectivity index (χ2v) is 22.0. The van der Waals surface area contributed by atoms with Crippen LogP contribution in [0.5, 0.6) is 5.75 Å². The van der Waals surface area contributed by atoms with E-state index in [2.05, 4.69) is 11.4 Å². The lowest BCUT2D eigenvalue weighted by atomic mass is 9.77. The molecule has 4 fully saturated rings. The number of alkyl halides is 3. The molecule has 2 N–H and O–H groups in total. The van der Waals surface area contributed by atoms with Crippen molar-refractivity contribution < 1.29 is 50.2 Å². The fourth-order valence-corrected chi connectivity index (χ4v) is 12.9. The van der Waals surface area contributed by atoms with Gasteiger partial charge in [-0.1, -0.05) is 12.1 Å². The van der Waals surface area contributed by atoms with Crippen molar-refractivity contribution in [3.63, 3.8) is 0 Å². The van der Waals surface area contributed by atoms with E-state index in [1.54, 1.807) is 24.1 Å². The molecule has 0 bridgehead atoms. The van der Waals surface area contributed by atoms with E-state index in [1.165, 1.54) is 0 Å². The molecule has 71 heavy (non-hydrogen) atoms. The number of anilines is 2. The second-order valence-electron chi connectivity index (χ2n) is 19.9. The zero-order valence-corrected chi connectivity index (χ0v) is 41.3. The quantitative estimate of drug-likeness (QED) is 0.123. The Balaban J connectivity index is 0.716. The minimum absolute atomic E-state index is 0.0250. The Bertz CT molecular complexity index is 2800. The molecule has 5 heterocycles. The third-order valence-corrected chi connectivity index (χ3v) is 17.2. The lowest BCUT2D eigenvalue weighted by Crippen LogP contribution is -2.50. The standard InChI is InChI=1S/C52H62F3N7O8S/c1-31(38-5-4-6-46-39(38)19-26-71(46,67)68)56-48-41-28-40(45(69-3)29-43(41)57-32(2)58-48)35-7-9-36(10-8-35)49(64)60-20-13-33(14-21-60)18-25-70-30-34-15-22-61(23-16-34)50(65)37-11-12-42(52(53,54)55)44(27-37)62-24-17-47(63)59-51(62)66/h4-6,11-12,27-29,31,33-36H,7-10,13-26,30H2,1-3H3,(H,56,57,58)(H,59,63,66)/t31-,35?,36?/m1/s1. The number of imide groups is 1. The topological polar surface area (TPSA) is 180 Å². The normalized spacial score (nSPS) is 21.5. The molecular weight excluding hydrogens is 940 g/mol. The second kappa shape index (κ2) is 20.7. The number of hydrogen-bond acceptors (Lipinski definition) is 11. The molecule has 380 valence electrons. The maximum absolute atomic E-state index is 13.9. The lowest BCUT2D eigenvalue weighted by molar-refractivity contribution is -0.138. The SMILES string of the molecule is COc1cc2nc(C)nc(N[C@H](C)c3cccc4c3CCS4(=O)=O)c2cc1C1CCC(C(=O)N2CCC(CCOCC3CCN(C(=O)c4ccc(C(F)(F)F)c(N5CCC(=O)NC5=O)c4)CC3)CC2)CC1. The number of aromatic nitrogens is 2. The van der Waals surface area contributed by atoms with Crippen LogP contribution in [0.2, 0.25) is 0 Å². The van der Waals surface area contributed by atoms with Gasteiger partial charge in [0.05, 0.1) is 40.6 Å². The number of hydrogen-bond donors (Lipinski definition) is 2. The van der Waals surface area contributed by atoms with Crippen molar-refractivity contribution in [1.29, 1.82) is 0 Å². The summed E-state index contributed by atoms with van der Waals surface area (Å²) >= 11 is 0. The Morgan fingerprint density at radius 1 is 0.887 bits per heavy atom. The molecule has 3 aromatic carbocycles. The first kappa shape index (κ1) is 50.1. The molecule has 19 heteroatoms. The molecule has 15 nitrogen and oxygen atoms in total. The Labute approximate surface area is 412 Å². The van der Waals surface area contributed by atoms with Gasteiger partial charge >= 0.3 is 12.2 Å². The summed E-state index contributed by atoms with van der Waals surface area (Å²) < 4.78 is 79.1. The molecule has 9 rings (SSSR count). The van der Waals surface area contributed by atoms with Crippen molar-refractivity contribution >= 4 is 56.0 Å². The number of nitrogens with zero attached hydrogens (tertiary/aromatic N) is 5. The number of rotatable bonds is 13. The predicted molar refractivity (Wildman–Crippen MR) is 260 cm³/mol. The number of urea groups is 1.